The van der Waals surface area contributed by atoms with Crippen LogP contribution in [0.3, 0.4) is 0 Å². The van der Waals surface area contributed by atoms with Gasteiger partial charge in [0.15, 0.2) is 0 Å². The molecule has 2 aliphatic carbocycles. The van der Waals surface area contributed by atoms with Crippen molar-refractivity contribution < 1.29 is 0 Å². The van der Waals surface area contributed by atoms with E-state index in [0.29, 0.717) is 12.0 Å². The number of nitrogens with two attached hydrogens (primary N) is 1. The molecule has 0 saturated heterocycles. The first-order chi connectivity index (χ1) is 6.34. The van der Waals surface area contributed by atoms with Gasteiger partial charge in [0.2, 0.25) is 0 Å². The molecule has 2 heteroatoms. The molecular weight excluding hydrogens is 160 g/mol. The van der Waals surface area contributed by atoms with E-state index in [1.54, 1.807) is 0 Å². The molecule has 1 saturated carbocycles. The highest BCUT2D eigenvalue weighted by atomic mass is 14.9. The maximum atomic E-state index is 5.79. The predicted octanol–water partition coefficient (Wildman–Crippen LogP) is 1.42. The van der Waals surface area contributed by atoms with Crippen LogP contribution in [-0.4, -0.2) is 18.6 Å². The zero-order chi connectivity index (χ0) is 9.10. The Labute approximate surface area is 80.6 Å². The van der Waals surface area contributed by atoms with Crippen LogP contribution in [0.4, 0.5) is 0 Å². The average molecular weight is 180 g/mol. The van der Waals surface area contributed by atoms with Gasteiger partial charge in [-0.2, -0.15) is 0 Å². The minimum absolute atomic E-state index is 0.315. The summed E-state index contributed by atoms with van der Waals surface area (Å²) in [4.78, 5) is 0. The fourth-order valence-electron chi connectivity index (χ4n) is 2.41. The third-order valence-corrected chi connectivity index (χ3v) is 3.23. The first-order valence-electron chi connectivity index (χ1n) is 5.52. The number of rotatable bonds is 3. The molecule has 0 radical (unpaired) electrons. The maximum absolute atomic E-state index is 5.79. The molecule has 0 aliphatic heterocycles. The molecule has 2 aliphatic rings. The summed E-state index contributed by atoms with van der Waals surface area (Å²) < 4.78 is 0. The van der Waals surface area contributed by atoms with E-state index >= 15 is 0 Å². The quantitative estimate of drug-likeness (QED) is 0.645. The fraction of sp³-hybridized carbons (Fsp3) is 0.818. The smallest absolute Gasteiger partial charge is 0.0229 e. The topological polar surface area (TPSA) is 38.0 Å². The van der Waals surface area contributed by atoms with Crippen molar-refractivity contribution in [1.29, 1.82) is 0 Å². The van der Waals surface area contributed by atoms with Crippen molar-refractivity contribution in [3.63, 3.8) is 0 Å². The van der Waals surface area contributed by atoms with Crippen LogP contribution in [0.15, 0.2) is 12.2 Å². The van der Waals surface area contributed by atoms with E-state index in [4.69, 9.17) is 5.73 Å². The van der Waals surface area contributed by atoms with E-state index < -0.39 is 0 Å². The van der Waals surface area contributed by atoms with Gasteiger partial charge in [-0.15, -0.1) is 0 Å². The molecule has 0 aromatic carbocycles. The van der Waals surface area contributed by atoms with Crippen molar-refractivity contribution in [2.75, 3.05) is 6.54 Å². The molecule has 3 N–H and O–H groups in total. The van der Waals surface area contributed by atoms with E-state index in [1.807, 2.05) is 0 Å². The van der Waals surface area contributed by atoms with E-state index in [1.165, 1.54) is 25.7 Å². The maximum Gasteiger partial charge on any atom is 0.0229 e. The average Bonchev–Trinajstić information content (AvgIpc) is 2.71. The van der Waals surface area contributed by atoms with E-state index in [9.17, 15) is 0 Å². The molecule has 0 aromatic rings. The third kappa shape index (κ3) is 2.55. The van der Waals surface area contributed by atoms with Gasteiger partial charge in [0.05, 0.1) is 0 Å². The monoisotopic (exact) mass is 180 g/mol. The molecular formula is C11H20N2. The van der Waals surface area contributed by atoms with Gasteiger partial charge in [-0.3, -0.25) is 0 Å². The molecule has 2 nitrogen and oxygen atoms in total. The normalized spacial score (nSPS) is 34.5. The molecule has 0 spiro atoms. The molecule has 2 unspecified atom stereocenters. The van der Waals surface area contributed by atoms with Crippen molar-refractivity contribution >= 4 is 0 Å². The highest BCUT2D eigenvalue weighted by Crippen LogP contribution is 2.20. The Morgan fingerprint density at radius 1 is 1.23 bits per heavy atom. The molecule has 0 heterocycles. The second kappa shape index (κ2) is 4.25. The van der Waals surface area contributed by atoms with E-state index in [2.05, 4.69) is 17.5 Å². The van der Waals surface area contributed by atoms with E-state index in [0.717, 1.165) is 19.0 Å². The van der Waals surface area contributed by atoms with Gasteiger partial charge >= 0.3 is 0 Å². The van der Waals surface area contributed by atoms with Crippen LogP contribution in [0.5, 0.6) is 0 Å². The van der Waals surface area contributed by atoms with E-state index in [-0.39, 0.29) is 0 Å². The Morgan fingerprint density at radius 3 is 2.62 bits per heavy atom. The molecule has 1 fully saturated rings. The van der Waals surface area contributed by atoms with Gasteiger partial charge < -0.3 is 11.1 Å². The minimum atomic E-state index is 0.315. The molecule has 0 aromatic heterocycles. The third-order valence-electron chi connectivity index (χ3n) is 3.23. The van der Waals surface area contributed by atoms with Crippen LogP contribution in [-0.2, 0) is 0 Å². The predicted molar refractivity (Wildman–Crippen MR) is 55.5 cm³/mol. The molecule has 2 rings (SSSR count). The van der Waals surface area contributed by atoms with Gasteiger partial charge in [0, 0.05) is 18.6 Å². The molecule has 0 bridgehead atoms. The summed E-state index contributed by atoms with van der Waals surface area (Å²) in [6.07, 6.45) is 11.1. The summed E-state index contributed by atoms with van der Waals surface area (Å²) in [5.74, 6) is 0.690. The fourth-order valence-corrected chi connectivity index (χ4v) is 2.41. The number of hydrogen-bond donors (Lipinski definition) is 2. The van der Waals surface area contributed by atoms with Gasteiger partial charge in [0.1, 0.15) is 0 Å². The van der Waals surface area contributed by atoms with Crippen LogP contribution >= 0.6 is 0 Å². The van der Waals surface area contributed by atoms with Crippen molar-refractivity contribution in [1.82, 2.24) is 5.32 Å². The van der Waals surface area contributed by atoms with Gasteiger partial charge in [-0.25, -0.2) is 0 Å². The highest BCUT2D eigenvalue weighted by Gasteiger charge is 2.18. The van der Waals surface area contributed by atoms with Crippen molar-refractivity contribution in [2.45, 2.75) is 44.2 Å². The lowest BCUT2D eigenvalue weighted by Crippen LogP contribution is -2.31. The highest BCUT2D eigenvalue weighted by molar-refractivity contribution is 5.05. The van der Waals surface area contributed by atoms with Crippen molar-refractivity contribution in [3.8, 4) is 0 Å². The number of nitrogens with one attached hydrogen (secondary N) is 1. The van der Waals surface area contributed by atoms with Crippen LogP contribution in [0, 0.1) is 5.92 Å². The van der Waals surface area contributed by atoms with Gasteiger partial charge in [0.25, 0.3) is 0 Å². The number of hydrogen-bond acceptors (Lipinski definition) is 2. The Kier molecular flexibility index (Phi) is 3.01. The summed E-state index contributed by atoms with van der Waals surface area (Å²) in [7, 11) is 0. The SMILES string of the molecule is NC1C=CC(CNC2CCCC2)C1. The molecule has 13 heavy (non-hydrogen) atoms. The molecule has 74 valence electrons. The summed E-state index contributed by atoms with van der Waals surface area (Å²) in [5, 5.41) is 3.64. The second-order valence-corrected chi connectivity index (χ2v) is 4.43. The Balaban J connectivity index is 1.65. The standard InChI is InChI=1S/C11H20N2/c12-10-6-5-9(7-10)8-13-11-3-1-2-4-11/h5-6,9-11,13H,1-4,7-8,12H2. The zero-order valence-electron chi connectivity index (χ0n) is 8.21. The molecule has 0 amide bonds. The van der Waals surface area contributed by atoms with Crippen molar-refractivity contribution in [2.24, 2.45) is 11.7 Å². The van der Waals surface area contributed by atoms with Crippen LogP contribution < -0.4 is 11.1 Å². The first kappa shape index (κ1) is 9.22. The Hall–Kier alpha value is -0.340. The van der Waals surface area contributed by atoms with Crippen LogP contribution in [0.1, 0.15) is 32.1 Å². The lowest BCUT2D eigenvalue weighted by molar-refractivity contribution is 0.461. The lowest BCUT2D eigenvalue weighted by Gasteiger charge is -2.15. The van der Waals surface area contributed by atoms with Crippen LogP contribution in [0.2, 0.25) is 0 Å². The van der Waals surface area contributed by atoms with Gasteiger partial charge in [-0.05, 0) is 25.2 Å². The largest absolute Gasteiger partial charge is 0.324 e. The lowest BCUT2D eigenvalue weighted by atomic mass is 10.1. The Morgan fingerprint density at radius 2 is 2.00 bits per heavy atom. The van der Waals surface area contributed by atoms with Crippen LogP contribution in [0.25, 0.3) is 0 Å². The van der Waals surface area contributed by atoms with Crippen molar-refractivity contribution in [3.05, 3.63) is 12.2 Å². The summed E-state index contributed by atoms with van der Waals surface area (Å²) in [5.41, 5.74) is 5.79. The minimum Gasteiger partial charge on any atom is -0.324 e. The zero-order valence-corrected chi connectivity index (χ0v) is 8.21. The second-order valence-electron chi connectivity index (χ2n) is 4.43. The first-order valence-corrected chi connectivity index (χ1v) is 5.52. The summed E-state index contributed by atoms with van der Waals surface area (Å²) >= 11 is 0. The van der Waals surface area contributed by atoms with Gasteiger partial charge in [-0.1, -0.05) is 25.0 Å². The molecule has 2 atom stereocenters. The Bertz CT molecular complexity index is 183. The summed E-state index contributed by atoms with van der Waals surface area (Å²) in [6, 6.07) is 1.11. The summed E-state index contributed by atoms with van der Waals surface area (Å²) in [6.45, 7) is 1.13.